The van der Waals surface area contributed by atoms with Gasteiger partial charge in [-0.05, 0) is 31.5 Å². The average Bonchev–Trinajstić information content (AvgIpc) is 2.81. The molecule has 1 amide bonds. The summed E-state index contributed by atoms with van der Waals surface area (Å²) < 4.78 is 0. The van der Waals surface area contributed by atoms with Crippen molar-refractivity contribution in [3.8, 4) is 0 Å². The monoisotopic (exact) mass is 268 g/mol. The lowest BCUT2D eigenvalue weighted by Gasteiger charge is -2.13. The number of hydrogen-bond donors (Lipinski definition) is 3. The van der Waals surface area contributed by atoms with E-state index in [1.54, 1.807) is 6.07 Å². The molecular weight excluding hydrogens is 256 g/mol. The molecule has 0 saturated carbocycles. The van der Waals surface area contributed by atoms with Crippen molar-refractivity contribution in [2.75, 3.05) is 11.9 Å². The second kappa shape index (κ2) is 5.37. The van der Waals surface area contributed by atoms with Gasteiger partial charge in [-0.15, -0.1) is 0 Å². The van der Waals surface area contributed by atoms with Gasteiger partial charge in [-0.25, -0.2) is 4.79 Å². The summed E-state index contributed by atoms with van der Waals surface area (Å²) in [4.78, 5) is 23.0. The van der Waals surface area contributed by atoms with Crippen LogP contribution in [0.25, 0.3) is 0 Å². The molecule has 1 aliphatic heterocycles. The van der Waals surface area contributed by atoms with Crippen LogP contribution in [0.1, 0.15) is 23.2 Å². The highest BCUT2D eigenvalue weighted by atomic mass is 35.5. The molecule has 96 valence electrons. The van der Waals surface area contributed by atoms with Crippen LogP contribution in [0, 0.1) is 0 Å². The summed E-state index contributed by atoms with van der Waals surface area (Å²) in [6, 6.07) is 4.36. The number of carboxylic acids is 1. The maximum atomic E-state index is 11.9. The van der Waals surface area contributed by atoms with Gasteiger partial charge < -0.3 is 15.7 Å². The van der Waals surface area contributed by atoms with Crippen molar-refractivity contribution in [2.24, 2.45) is 0 Å². The molecule has 1 aliphatic rings. The largest absolute Gasteiger partial charge is 0.478 e. The molecule has 6 heteroatoms. The number of hydrogen-bond acceptors (Lipinski definition) is 3. The number of carboxylic acid groups (broad SMARTS) is 1. The number of halogens is 1. The molecule has 1 atom stereocenters. The molecule has 1 heterocycles. The van der Waals surface area contributed by atoms with Crippen LogP contribution in [0.2, 0.25) is 5.02 Å². The predicted molar refractivity (Wildman–Crippen MR) is 68.1 cm³/mol. The normalized spacial score (nSPS) is 18.6. The molecule has 1 fully saturated rings. The lowest BCUT2D eigenvalue weighted by Crippen LogP contribution is -2.35. The van der Waals surface area contributed by atoms with Crippen LogP contribution in [0.15, 0.2) is 18.2 Å². The molecule has 2 rings (SSSR count). The fraction of sp³-hybridized carbons (Fsp3) is 0.333. The second-order valence-electron chi connectivity index (χ2n) is 4.11. The number of benzene rings is 1. The van der Waals surface area contributed by atoms with E-state index in [0.29, 0.717) is 0 Å². The molecule has 1 aromatic carbocycles. The molecule has 1 saturated heterocycles. The van der Waals surface area contributed by atoms with Crippen LogP contribution >= 0.6 is 11.6 Å². The fourth-order valence-corrected chi connectivity index (χ4v) is 2.23. The Morgan fingerprint density at radius 2 is 2.22 bits per heavy atom. The van der Waals surface area contributed by atoms with Gasteiger partial charge in [-0.2, -0.15) is 0 Å². The van der Waals surface area contributed by atoms with Crippen molar-refractivity contribution in [1.82, 2.24) is 5.32 Å². The third-order valence-corrected chi connectivity index (χ3v) is 3.18. The van der Waals surface area contributed by atoms with E-state index in [2.05, 4.69) is 10.6 Å². The number of amides is 1. The van der Waals surface area contributed by atoms with Gasteiger partial charge in [0.1, 0.15) is 5.56 Å². The number of nitrogens with one attached hydrogen (secondary N) is 2. The SMILES string of the molecule is O=C(O)c1c(Cl)cccc1NC(=O)[C@@H]1CCCN1. The maximum Gasteiger partial charge on any atom is 0.339 e. The first kappa shape index (κ1) is 12.9. The van der Waals surface area contributed by atoms with Gasteiger partial charge >= 0.3 is 5.97 Å². The summed E-state index contributed by atoms with van der Waals surface area (Å²) in [6.07, 6.45) is 1.70. The zero-order valence-corrected chi connectivity index (χ0v) is 10.3. The summed E-state index contributed by atoms with van der Waals surface area (Å²) in [6.45, 7) is 0.805. The lowest BCUT2D eigenvalue weighted by atomic mass is 10.1. The van der Waals surface area contributed by atoms with Crippen molar-refractivity contribution in [1.29, 1.82) is 0 Å². The topological polar surface area (TPSA) is 78.4 Å². The van der Waals surface area contributed by atoms with Crippen molar-refractivity contribution in [3.05, 3.63) is 28.8 Å². The van der Waals surface area contributed by atoms with Crippen LogP contribution in [-0.2, 0) is 4.79 Å². The summed E-state index contributed by atoms with van der Waals surface area (Å²) in [5.41, 5.74) is 0.152. The van der Waals surface area contributed by atoms with Crippen molar-refractivity contribution in [2.45, 2.75) is 18.9 Å². The Kier molecular flexibility index (Phi) is 3.84. The minimum absolute atomic E-state index is 0.0782. The molecule has 0 radical (unpaired) electrons. The van der Waals surface area contributed by atoms with E-state index in [1.807, 2.05) is 0 Å². The second-order valence-corrected chi connectivity index (χ2v) is 4.51. The van der Waals surface area contributed by atoms with Crippen molar-refractivity contribution < 1.29 is 14.7 Å². The van der Waals surface area contributed by atoms with Crippen LogP contribution < -0.4 is 10.6 Å². The summed E-state index contributed by atoms with van der Waals surface area (Å²) in [7, 11) is 0. The standard InChI is InChI=1S/C12H13ClN2O3/c13-7-3-1-4-8(10(7)12(17)18)15-11(16)9-5-2-6-14-9/h1,3-4,9,14H,2,5-6H2,(H,15,16)(H,17,18)/t9-/m0/s1. The Morgan fingerprint density at radius 1 is 1.44 bits per heavy atom. The van der Waals surface area contributed by atoms with Gasteiger partial charge in [0, 0.05) is 0 Å². The van der Waals surface area contributed by atoms with Crippen LogP contribution in [0.3, 0.4) is 0 Å². The van der Waals surface area contributed by atoms with Crippen LogP contribution in [0.5, 0.6) is 0 Å². The Hall–Kier alpha value is -1.59. The van der Waals surface area contributed by atoms with E-state index >= 15 is 0 Å². The van der Waals surface area contributed by atoms with Gasteiger partial charge in [-0.1, -0.05) is 17.7 Å². The van der Waals surface area contributed by atoms with Crippen molar-refractivity contribution in [3.63, 3.8) is 0 Å². The van der Waals surface area contributed by atoms with E-state index in [-0.39, 0.29) is 28.2 Å². The van der Waals surface area contributed by atoms with E-state index in [9.17, 15) is 9.59 Å². The van der Waals surface area contributed by atoms with Crippen LogP contribution in [-0.4, -0.2) is 29.6 Å². The molecule has 5 nitrogen and oxygen atoms in total. The minimum Gasteiger partial charge on any atom is -0.478 e. The first-order valence-corrected chi connectivity index (χ1v) is 6.03. The molecule has 0 aromatic heterocycles. The van der Waals surface area contributed by atoms with Gasteiger partial charge in [0.25, 0.3) is 0 Å². The first-order valence-electron chi connectivity index (χ1n) is 5.65. The molecular formula is C12H13ClN2O3. The molecule has 0 unspecified atom stereocenters. The third-order valence-electron chi connectivity index (χ3n) is 2.86. The van der Waals surface area contributed by atoms with Gasteiger partial charge in [0.2, 0.25) is 5.91 Å². The van der Waals surface area contributed by atoms with E-state index in [0.717, 1.165) is 19.4 Å². The predicted octanol–water partition coefficient (Wildman–Crippen LogP) is 1.73. The Balaban J connectivity index is 2.20. The van der Waals surface area contributed by atoms with Crippen molar-refractivity contribution >= 4 is 29.2 Å². The molecule has 0 aliphatic carbocycles. The zero-order chi connectivity index (χ0) is 13.1. The molecule has 0 bridgehead atoms. The molecule has 0 spiro atoms. The Bertz CT molecular complexity index is 484. The summed E-state index contributed by atoms with van der Waals surface area (Å²) >= 11 is 5.82. The summed E-state index contributed by atoms with van der Waals surface area (Å²) in [5.74, 6) is -1.38. The fourth-order valence-electron chi connectivity index (χ4n) is 1.97. The molecule has 3 N–H and O–H groups in total. The smallest absolute Gasteiger partial charge is 0.339 e. The highest BCUT2D eigenvalue weighted by molar-refractivity contribution is 6.34. The zero-order valence-electron chi connectivity index (χ0n) is 9.57. The Labute approximate surface area is 109 Å². The minimum atomic E-state index is -1.16. The van der Waals surface area contributed by atoms with E-state index in [1.165, 1.54) is 12.1 Å². The quantitative estimate of drug-likeness (QED) is 0.780. The maximum absolute atomic E-state index is 11.9. The van der Waals surface area contributed by atoms with E-state index in [4.69, 9.17) is 16.7 Å². The number of carbonyl (C=O) groups excluding carboxylic acids is 1. The lowest BCUT2D eigenvalue weighted by molar-refractivity contribution is -0.117. The number of aromatic carboxylic acids is 1. The highest BCUT2D eigenvalue weighted by Crippen LogP contribution is 2.24. The first-order chi connectivity index (χ1) is 8.59. The van der Waals surface area contributed by atoms with Crippen LogP contribution in [0.4, 0.5) is 5.69 Å². The average molecular weight is 269 g/mol. The third kappa shape index (κ3) is 2.63. The number of rotatable bonds is 3. The summed E-state index contributed by atoms with van der Waals surface area (Å²) in [5, 5.41) is 14.8. The Morgan fingerprint density at radius 3 is 2.83 bits per heavy atom. The highest BCUT2D eigenvalue weighted by Gasteiger charge is 2.24. The van der Waals surface area contributed by atoms with E-state index < -0.39 is 5.97 Å². The molecule has 18 heavy (non-hydrogen) atoms. The van der Waals surface area contributed by atoms with Gasteiger partial charge in [0.15, 0.2) is 0 Å². The molecule has 1 aromatic rings. The number of anilines is 1. The van der Waals surface area contributed by atoms with Gasteiger partial charge in [0.05, 0.1) is 16.8 Å². The van der Waals surface area contributed by atoms with Gasteiger partial charge in [-0.3, -0.25) is 4.79 Å². The number of carbonyl (C=O) groups is 2.